The second kappa shape index (κ2) is 10.2. The van der Waals surface area contributed by atoms with Crippen LogP contribution in [0.2, 0.25) is 0 Å². The van der Waals surface area contributed by atoms with Gasteiger partial charge in [-0.15, -0.1) is 0 Å². The number of benzene rings is 2. The summed E-state index contributed by atoms with van der Waals surface area (Å²) in [5.74, 6) is 0. The number of carbonyl (C=O) groups excluding carboxylic acids is 2. The van der Waals surface area contributed by atoms with Crippen molar-refractivity contribution in [2.24, 2.45) is 0 Å². The van der Waals surface area contributed by atoms with Gasteiger partial charge in [-0.1, -0.05) is 29.8 Å². The number of unbranched alkanes of at least 4 members (excludes halogenated alkanes) is 1. The zero-order valence-corrected chi connectivity index (χ0v) is 15.7. The maximum absolute atomic E-state index is 11.9. The molecule has 0 aliphatic heterocycles. The number of aryl methyl sites for hydroxylation is 2. The lowest BCUT2D eigenvalue weighted by atomic mass is 10.2. The van der Waals surface area contributed by atoms with E-state index in [1.807, 2.05) is 50.2 Å². The predicted molar refractivity (Wildman–Crippen MR) is 106 cm³/mol. The molecule has 7 nitrogen and oxygen atoms in total. The Morgan fingerprint density at radius 3 is 2.26 bits per heavy atom. The van der Waals surface area contributed by atoms with Gasteiger partial charge in [-0.3, -0.25) is 5.21 Å². The molecule has 0 aliphatic rings. The highest BCUT2D eigenvalue weighted by Crippen LogP contribution is 2.13. The number of hydroxylamine groups is 1. The summed E-state index contributed by atoms with van der Waals surface area (Å²) in [6, 6.07) is 13.7. The number of carbonyl (C=O) groups is 2. The highest BCUT2D eigenvalue weighted by atomic mass is 16.5. The van der Waals surface area contributed by atoms with Gasteiger partial charge < -0.3 is 16.0 Å². The van der Waals surface area contributed by atoms with Crippen LogP contribution < -0.4 is 21.0 Å². The highest BCUT2D eigenvalue weighted by molar-refractivity contribution is 5.89. The largest absolute Gasteiger partial charge is 0.345 e. The van der Waals surface area contributed by atoms with Crippen LogP contribution in [0.15, 0.2) is 48.5 Å². The fraction of sp³-hybridized carbons (Fsp3) is 0.300. The van der Waals surface area contributed by atoms with Gasteiger partial charge in [0.2, 0.25) is 0 Å². The van der Waals surface area contributed by atoms with Crippen LogP contribution in [-0.4, -0.2) is 30.4 Å². The van der Waals surface area contributed by atoms with Crippen LogP contribution in [0.25, 0.3) is 0 Å². The van der Waals surface area contributed by atoms with Crippen LogP contribution >= 0.6 is 0 Å². The molecule has 0 aromatic heterocycles. The number of urea groups is 2. The zero-order chi connectivity index (χ0) is 19.6. The fourth-order valence-corrected chi connectivity index (χ4v) is 2.42. The predicted octanol–water partition coefficient (Wildman–Crippen LogP) is 3.81. The van der Waals surface area contributed by atoms with Crippen molar-refractivity contribution in [2.45, 2.75) is 26.7 Å². The van der Waals surface area contributed by atoms with E-state index in [4.69, 9.17) is 0 Å². The maximum atomic E-state index is 11.9. The van der Waals surface area contributed by atoms with Crippen molar-refractivity contribution in [3.8, 4) is 0 Å². The maximum Gasteiger partial charge on any atom is 0.345 e. The van der Waals surface area contributed by atoms with Gasteiger partial charge in [-0.2, -0.15) is 5.06 Å². The Balaban J connectivity index is 1.59. The van der Waals surface area contributed by atoms with Crippen LogP contribution in [0.3, 0.4) is 0 Å². The van der Waals surface area contributed by atoms with Crippen molar-refractivity contribution in [3.05, 3.63) is 59.7 Å². The molecular weight excluding hydrogens is 344 g/mol. The number of nitrogens with zero attached hydrogens (tertiary/aromatic N) is 1. The van der Waals surface area contributed by atoms with E-state index in [0.717, 1.165) is 16.8 Å². The molecule has 0 unspecified atom stereocenters. The molecule has 0 saturated heterocycles. The van der Waals surface area contributed by atoms with E-state index in [-0.39, 0.29) is 6.03 Å². The molecule has 2 rings (SSSR count). The minimum atomic E-state index is -0.580. The van der Waals surface area contributed by atoms with E-state index in [2.05, 4.69) is 16.0 Å². The van der Waals surface area contributed by atoms with Crippen LogP contribution in [0.4, 0.5) is 21.0 Å². The molecule has 0 atom stereocenters. The van der Waals surface area contributed by atoms with Crippen LogP contribution in [-0.2, 0) is 0 Å². The minimum Gasteiger partial charge on any atom is -0.338 e. The van der Waals surface area contributed by atoms with E-state index < -0.39 is 6.03 Å². The van der Waals surface area contributed by atoms with Gasteiger partial charge in [0.25, 0.3) is 0 Å². The van der Waals surface area contributed by atoms with Crippen molar-refractivity contribution in [2.75, 3.05) is 23.5 Å². The minimum absolute atomic E-state index is 0.259. The molecule has 0 radical (unpaired) electrons. The zero-order valence-electron chi connectivity index (χ0n) is 15.7. The average Bonchev–Trinajstić information content (AvgIpc) is 2.64. The van der Waals surface area contributed by atoms with E-state index in [9.17, 15) is 14.8 Å². The van der Waals surface area contributed by atoms with Crippen molar-refractivity contribution in [3.63, 3.8) is 0 Å². The van der Waals surface area contributed by atoms with Crippen molar-refractivity contribution < 1.29 is 14.8 Å². The number of hydrogen-bond acceptors (Lipinski definition) is 3. The summed E-state index contributed by atoms with van der Waals surface area (Å²) in [7, 11) is 0. The van der Waals surface area contributed by atoms with Gasteiger partial charge in [0.15, 0.2) is 0 Å². The van der Waals surface area contributed by atoms with Gasteiger partial charge >= 0.3 is 12.1 Å². The van der Waals surface area contributed by atoms with E-state index in [1.165, 1.54) is 0 Å². The second-order valence-corrected chi connectivity index (χ2v) is 6.34. The Labute approximate surface area is 159 Å². The molecule has 0 fully saturated rings. The molecule has 7 heteroatoms. The lowest BCUT2D eigenvalue weighted by Crippen LogP contribution is -2.38. The smallest absolute Gasteiger partial charge is 0.338 e. The summed E-state index contributed by atoms with van der Waals surface area (Å²) in [5, 5.41) is 18.6. The number of amides is 4. The lowest BCUT2D eigenvalue weighted by molar-refractivity contribution is 0.204. The topological polar surface area (TPSA) is 93.7 Å². The molecule has 0 aliphatic carbocycles. The first-order valence-corrected chi connectivity index (χ1v) is 8.91. The molecular formula is C20H26N4O3. The van der Waals surface area contributed by atoms with Crippen molar-refractivity contribution >= 4 is 23.4 Å². The van der Waals surface area contributed by atoms with Gasteiger partial charge in [0.1, 0.15) is 0 Å². The average molecular weight is 370 g/mol. The molecule has 0 saturated carbocycles. The molecule has 2 aromatic carbocycles. The van der Waals surface area contributed by atoms with Crippen LogP contribution in [0.1, 0.15) is 24.0 Å². The summed E-state index contributed by atoms with van der Waals surface area (Å²) in [6.45, 7) is 4.79. The summed E-state index contributed by atoms with van der Waals surface area (Å²) >= 11 is 0. The number of anilines is 2. The Morgan fingerprint density at radius 2 is 1.59 bits per heavy atom. The van der Waals surface area contributed by atoms with Crippen molar-refractivity contribution in [1.29, 1.82) is 0 Å². The Bertz CT molecular complexity index is 762. The number of rotatable bonds is 7. The highest BCUT2D eigenvalue weighted by Gasteiger charge is 2.11. The standard InChI is InChI=1S/C20H26N4O3/c1-15-8-10-18(11-9-15)24(27)20(26)22-13-4-3-12-21-19(25)23-17-7-5-6-16(2)14-17/h5-11,14,27H,3-4,12-13H2,1-2H3,(H,22,26)(H2,21,23,25). The van der Waals surface area contributed by atoms with Crippen molar-refractivity contribution in [1.82, 2.24) is 10.6 Å². The number of hydrogen-bond donors (Lipinski definition) is 4. The van der Waals surface area contributed by atoms with Gasteiger partial charge in [-0.05, 0) is 56.5 Å². The first-order chi connectivity index (χ1) is 13.0. The van der Waals surface area contributed by atoms with E-state index >= 15 is 0 Å². The summed E-state index contributed by atoms with van der Waals surface area (Å²) < 4.78 is 0. The Hall–Kier alpha value is -3.06. The monoisotopic (exact) mass is 370 g/mol. The van der Waals surface area contributed by atoms with Crippen LogP contribution in [0.5, 0.6) is 0 Å². The summed E-state index contributed by atoms with van der Waals surface area (Å²) in [4.78, 5) is 23.7. The first-order valence-electron chi connectivity index (χ1n) is 8.91. The molecule has 144 valence electrons. The Kier molecular flexibility index (Phi) is 7.63. The lowest BCUT2D eigenvalue weighted by Gasteiger charge is -2.16. The van der Waals surface area contributed by atoms with Crippen LogP contribution in [0, 0.1) is 13.8 Å². The van der Waals surface area contributed by atoms with Gasteiger partial charge in [0.05, 0.1) is 5.69 Å². The summed E-state index contributed by atoms with van der Waals surface area (Å²) in [5.41, 5.74) is 3.28. The third-order valence-corrected chi connectivity index (χ3v) is 3.91. The van der Waals surface area contributed by atoms with Gasteiger partial charge in [-0.25, -0.2) is 9.59 Å². The molecule has 0 bridgehead atoms. The number of nitrogens with one attached hydrogen (secondary N) is 3. The van der Waals surface area contributed by atoms with E-state index in [0.29, 0.717) is 36.7 Å². The third-order valence-electron chi connectivity index (χ3n) is 3.91. The third kappa shape index (κ3) is 6.99. The first kappa shape index (κ1) is 20.3. The quantitative estimate of drug-likeness (QED) is 0.339. The molecule has 0 spiro atoms. The molecule has 27 heavy (non-hydrogen) atoms. The molecule has 2 aromatic rings. The Morgan fingerprint density at radius 1 is 0.926 bits per heavy atom. The summed E-state index contributed by atoms with van der Waals surface area (Å²) in [6.07, 6.45) is 1.38. The second-order valence-electron chi connectivity index (χ2n) is 6.34. The molecule has 4 N–H and O–H groups in total. The molecule has 0 heterocycles. The molecule has 4 amide bonds. The van der Waals surface area contributed by atoms with Gasteiger partial charge in [0, 0.05) is 18.8 Å². The van der Waals surface area contributed by atoms with E-state index in [1.54, 1.807) is 12.1 Å². The normalized spacial score (nSPS) is 10.2. The fourth-order valence-electron chi connectivity index (χ4n) is 2.42. The SMILES string of the molecule is Cc1ccc(N(O)C(=O)NCCCCNC(=O)Nc2cccc(C)c2)cc1.